The number of rotatable bonds is 19. The number of unbranched alkanes of at least 4 members (excludes halogenated alkanes) is 15. The van der Waals surface area contributed by atoms with Gasteiger partial charge in [-0.2, -0.15) is 8.42 Å². The Labute approximate surface area is 195 Å². The Kier molecular flexibility index (Phi) is 16.0. The van der Waals surface area contributed by atoms with Crippen LogP contribution in [0.4, 0.5) is 0 Å². The van der Waals surface area contributed by atoms with Gasteiger partial charge in [-0.3, -0.25) is 4.18 Å². The maximum absolute atomic E-state index is 12.2. The highest BCUT2D eigenvalue weighted by atomic mass is 35.5. The fourth-order valence-electron chi connectivity index (χ4n) is 3.55. The van der Waals surface area contributed by atoms with E-state index in [1.807, 2.05) is 0 Å². The summed E-state index contributed by atoms with van der Waals surface area (Å²) in [6.07, 6.45) is 20.5. The van der Waals surface area contributed by atoms with Gasteiger partial charge < -0.3 is 0 Å². The Morgan fingerprint density at radius 3 is 1.60 bits per heavy atom. The molecule has 0 spiro atoms. The second-order valence-electron chi connectivity index (χ2n) is 8.15. The second-order valence-corrected chi connectivity index (χ2v) is 10.6. The fraction of sp³-hybridized carbons (Fsp3) is 0.750. The minimum Gasteiger partial charge on any atom is -0.266 e. The van der Waals surface area contributed by atoms with E-state index in [9.17, 15) is 8.42 Å². The van der Waals surface area contributed by atoms with Crippen LogP contribution in [0.2, 0.25) is 10.0 Å². The molecule has 174 valence electrons. The van der Waals surface area contributed by atoms with Gasteiger partial charge in [0.15, 0.2) is 0 Å². The van der Waals surface area contributed by atoms with Crippen LogP contribution in [0.25, 0.3) is 0 Å². The van der Waals surface area contributed by atoms with E-state index in [0.717, 1.165) is 19.3 Å². The van der Waals surface area contributed by atoms with Gasteiger partial charge in [-0.1, -0.05) is 126 Å². The van der Waals surface area contributed by atoms with Crippen molar-refractivity contribution in [3.05, 3.63) is 28.2 Å². The SMILES string of the molecule is CCCCCCCCCCCCCCCCCCOS(=O)(=O)c1cc(Cl)ccc1Cl. The molecular weight excluding hydrogens is 439 g/mol. The quantitative estimate of drug-likeness (QED) is 0.147. The summed E-state index contributed by atoms with van der Waals surface area (Å²) in [6.45, 7) is 2.45. The molecule has 1 rings (SSSR count). The Balaban J connectivity index is 1.92. The molecule has 0 fully saturated rings. The van der Waals surface area contributed by atoms with Crippen LogP contribution in [0.3, 0.4) is 0 Å². The highest BCUT2D eigenvalue weighted by molar-refractivity contribution is 7.86. The predicted molar refractivity (Wildman–Crippen MR) is 129 cm³/mol. The van der Waals surface area contributed by atoms with Gasteiger partial charge in [0.1, 0.15) is 4.90 Å². The zero-order valence-electron chi connectivity index (χ0n) is 18.6. The molecule has 0 atom stereocenters. The zero-order valence-corrected chi connectivity index (χ0v) is 21.0. The average Bonchev–Trinajstić information content (AvgIpc) is 2.72. The summed E-state index contributed by atoms with van der Waals surface area (Å²) in [7, 11) is -3.85. The summed E-state index contributed by atoms with van der Waals surface area (Å²) in [5.74, 6) is 0. The molecule has 0 aromatic heterocycles. The first-order valence-electron chi connectivity index (χ1n) is 11.8. The van der Waals surface area contributed by atoms with Crippen LogP contribution >= 0.6 is 23.2 Å². The summed E-state index contributed by atoms with van der Waals surface area (Å²) >= 11 is 11.8. The predicted octanol–water partition coefficient (Wildman–Crippen LogP) is 8.96. The van der Waals surface area contributed by atoms with Crippen LogP contribution < -0.4 is 0 Å². The van der Waals surface area contributed by atoms with E-state index in [1.165, 1.54) is 95.6 Å². The zero-order chi connectivity index (χ0) is 22.1. The summed E-state index contributed by atoms with van der Waals surface area (Å²) in [4.78, 5) is -0.0619. The molecule has 0 amide bonds. The Hall–Kier alpha value is -0.290. The van der Waals surface area contributed by atoms with Crippen molar-refractivity contribution in [3.8, 4) is 0 Å². The van der Waals surface area contributed by atoms with E-state index < -0.39 is 10.1 Å². The molecule has 0 heterocycles. The highest BCUT2D eigenvalue weighted by Gasteiger charge is 2.19. The lowest BCUT2D eigenvalue weighted by molar-refractivity contribution is 0.306. The van der Waals surface area contributed by atoms with E-state index in [-0.39, 0.29) is 16.5 Å². The van der Waals surface area contributed by atoms with Gasteiger partial charge in [0, 0.05) is 5.02 Å². The van der Waals surface area contributed by atoms with E-state index in [2.05, 4.69) is 6.92 Å². The molecule has 0 bridgehead atoms. The van der Waals surface area contributed by atoms with Gasteiger partial charge >= 0.3 is 0 Å². The van der Waals surface area contributed by atoms with Crippen LogP contribution in [0.1, 0.15) is 110 Å². The van der Waals surface area contributed by atoms with Crippen molar-refractivity contribution in [2.24, 2.45) is 0 Å². The third-order valence-corrected chi connectivity index (χ3v) is 7.43. The molecule has 0 saturated heterocycles. The molecule has 6 heteroatoms. The van der Waals surface area contributed by atoms with E-state index >= 15 is 0 Å². The number of benzene rings is 1. The van der Waals surface area contributed by atoms with Crippen molar-refractivity contribution in [3.63, 3.8) is 0 Å². The number of hydrogen-bond acceptors (Lipinski definition) is 3. The molecule has 3 nitrogen and oxygen atoms in total. The molecule has 0 aliphatic heterocycles. The van der Waals surface area contributed by atoms with Crippen molar-refractivity contribution < 1.29 is 12.6 Å². The molecule has 0 aliphatic carbocycles. The van der Waals surface area contributed by atoms with Crippen LogP contribution in [0.5, 0.6) is 0 Å². The Morgan fingerprint density at radius 2 is 1.13 bits per heavy atom. The van der Waals surface area contributed by atoms with Crippen molar-refractivity contribution in [1.29, 1.82) is 0 Å². The average molecular weight is 480 g/mol. The molecule has 0 N–H and O–H groups in total. The molecule has 1 aromatic carbocycles. The number of halogens is 2. The molecular formula is C24H40Cl2O3S. The summed E-state index contributed by atoms with van der Waals surface area (Å²) in [5, 5.41) is 0.454. The summed E-state index contributed by atoms with van der Waals surface area (Å²) in [5.41, 5.74) is 0. The van der Waals surface area contributed by atoms with Crippen LogP contribution in [-0.4, -0.2) is 15.0 Å². The maximum Gasteiger partial charge on any atom is 0.298 e. The van der Waals surface area contributed by atoms with Gasteiger partial charge in [0.25, 0.3) is 10.1 Å². The topological polar surface area (TPSA) is 43.4 Å². The lowest BCUT2D eigenvalue weighted by atomic mass is 10.0. The fourth-order valence-corrected chi connectivity index (χ4v) is 5.23. The molecule has 0 aliphatic rings. The van der Waals surface area contributed by atoms with Gasteiger partial charge in [-0.25, -0.2) is 0 Å². The molecule has 0 saturated carbocycles. The molecule has 0 unspecified atom stereocenters. The first-order valence-corrected chi connectivity index (χ1v) is 14.0. The van der Waals surface area contributed by atoms with Gasteiger partial charge in [0.05, 0.1) is 11.6 Å². The summed E-state index contributed by atoms with van der Waals surface area (Å²) < 4.78 is 29.5. The standard InChI is InChI=1S/C24H40Cl2O3S/c1-2-3-4-5-6-7-8-9-10-11-12-13-14-15-16-17-20-29-30(27,28)24-21-22(25)18-19-23(24)26/h18-19,21H,2-17,20H2,1H3. The largest absolute Gasteiger partial charge is 0.298 e. The number of hydrogen-bond donors (Lipinski definition) is 0. The maximum atomic E-state index is 12.2. The van der Waals surface area contributed by atoms with Gasteiger partial charge in [-0.15, -0.1) is 0 Å². The molecule has 1 aromatic rings. The third kappa shape index (κ3) is 13.2. The molecule has 30 heavy (non-hydrogen) atoms. The first-order chi connectivity index (χ1) is 14.5. The van der Waals surface area contributed by atoms with Crippen LogP contribution in [0, 0.1) is 0 Å². The van der Waals surface area contributed by atoms with E-state index in [1.54, 1.807) is 6.07 Å². The minimum atomic E-state index is -3.85. The lowest BCUT2D eigenvalue weighted by Crippen LogP contribution is -2.08. The summed E-state index contributed by atoms with van der Waals surface area (Å²) in [6, 6.07) is 4.35. The smallest absolute Gasteiger partial charge is 0.266 e. The third-order valence-electron chi connectivity index (χ3n) is 5.40. The Bertz CT molecular complexity index is 662. The normalized spacial score (nSPS) is 11.8. The van der Waals surface area contributed by atoms with Crippen LogP contribution in [-0.2, 0) is 14.3 Å². The molecule has 0 radical (unpaired) electrons. The first kappa shape index (κ1) is 27.7. The lowest BCUT2D eigenvalue weighted by Gasteiger charge is -2.08. The van der Waals surface area contributed by atoms with Crippen molar-refractivity contribution in [2.75, 3.05) is 6.61 Å². The monoisotopic (exact) mass is 478 g/mol. The van der Waals surface area contributed by atoms with E-state index in [4.69, 9.17) is 27.4 Å². The minimum absolute atomic E-state index is 0.0619. The Morgan fingerprint density at radius 1 is 0.700 bits per heavy atom. The highest BCUT2D eigenvalue weighted by Crippen LogP contribution is 2.26. The van der Waals surface area contributed by atoms with Gasteiger partial charge in [-0.05, 0) is 24.6 Å². The van der Waals surface area contributed by atoms with Crippen LogP contribution in [0.15, 0.2) is 23.1 Å². The second kappa shape index (κ2) is 17.3. The van der Waals surface area contributed by atoms with Gasteiger partial charge in [0.2, 0.25) is 0 Å². The van der Waals surface area contributed by atoms with E-state index in [0.29, 0.717) is 5.02 Å². The van der Waals surface area contributed by atoms with Crippen molar-refractivity contribution in [2.45, 2.75) is 115 Å². The van der Waals surface area contributed by atoms with Crippen molar-refractivity contribution in [1.82, 2.24) is 0 Å². The van der Waals surface area contributed by atoms with Crippen molar-refractivity contribution >= 4 is 33.3 Å².